The molecule has 1 heterocycles. The first-order valence-corrected chi connectivity index (χ1v) is 6.97. The van der Waals surface area contributed by atoms with Crippen LogP contribution >= 0.6 is 11.6 Å². The SMILES string of the molecule is CNc1nc(Nc2ccc(C(=O)OC)cc2OC(F)F)ncc1Cl. The number of carbonyl (C=O) groups is 1. The van der Waals surface area contributed by atoms with E-state index in [0.29, 0.717) is 10.8 Å². The van der Waals surface area contributed by atoms with E-state index in [1.165, 1.54) is 25.4 Å². The average Bonchev–Trinajstić information content (AvgIpc) is 2.56. The predicted molar refractivity (Wildman–Crippen MR) is 84.3 cm³/mol. The summed E-state index contributed by atoms with van der Waals surface area (Å²) in [6, 6.07) is 3.90. The molecular weight excluding hydrogens is 346 g/mol. The minimum absolute atomic E-state index is 0.0617. The van der Waals surface area contributed by atoms with E-state index in [4.69, 9.17) is 11.6 Å². The molecule has 0 aliphatic carbocycles. The van der Waals surface area contributed by atoms with E-state index in [-0.39, 0.29) is 22.9 Å². The Balaban J connectivity index is 2.36. The first-order chi connectivity index (χ1) is 11.4. The fraction of sp³-hybridized carbons (Fsp3) is 0.214. The van der Waals surface area contributed by atoms with Crippen molar-refractivity contribution in [3.8, 4) is 5.75 Å². The molecule has 0 aliphatic rings. The number of nitrogens with zero attached hydrogens (tertiary/aromatic N) is 2. The van der Waals surface area contributed by atoms with Gasteiger partial charge in [-0.05, 0) is 18.2 Å². The summed E-state index contributed by atoms with van der Waals surface area (Å²) in [6.45, 7) is -3.07. The lowest BCUT2D eigenvalue weighted by Gasteiger charge is -2.13. The average molecular weight is 359 g/mol. The van der Waals surface area contributed by atoms with Crippen molar-refractivity contribution in [1.29, 1.82) is 0 Å². The summed E-state index contributed by atoms with van der Waals surface area (Å²) in [5, 5.41) is 5.80. The lowest BCUT2D eigenvalue weighted by Crippen LogP contribution is -2.08. The highest BCUT2D eigenvalue weighted by atomic mass is 35.5. The Morgan fingerprint density at radius 2 is 2.12 bits per heavy atom. The van der Waals surface area contributed by atoms with Crippen molar-refractivity contribution < 1.29 is 23.0 Å². The van der Waals surface area contributed by atoms with E-state index in [9.17, 15) is 13.6 Å². The molecule has 24 heavy (non-hydrogen) atoms. The van der Waals surface area contributed by atoms with Crippen LogP contribution < -0.4 is 15.4 Å². The minimum Gasteiger partial charge on any atom is -0.465 e. The lowest BCUT2D eigenvalue weighted by atomic mass is 10.2. The number of rotatable bonds is 6. The molecule has 0 amide bonds. The number of ether oxygens (including phenoxy) is 2. The Labute approximate surface area is 141 Å². The number of alkyl halides is 2. The van der Waals surface area contributed by atoms with Crippen LogP contribution in [0.25, 0.3) is 0 Å². The van der Waals surface area contributed by atoms with Gasteiger partial charge < -0.3 is 20.1 Å². The van der Waals surface area contributed by atoms with Crippen LogP contribution in [0.3, 0.4) is 0 Å². The van der Waals surface area contributed by atoms with Crippen molar-refractivity contribution in [2.45, 2.75) is 6.61 Å². The van der Waals surface area contributed by atoms with Crippen LogP contribution in [-0.2, 0) is 4.74 Å². The zero-order chi connectivity index (χ0) is 17.7. The molecule has 2 N–H and O–H groups in total. The van der Waals surface area contributed by atoms with Crippen molar-refractivity contribution in [1.82, 2.24) is 9.97 Å². The molecule has 0 aliphatic heterocycles. The van der Waals surface area contributed by atoms with Gasteiger partial charge in [-0.15, -0.1) is 0 Å². The lowest BCUT2D eigenvalue weighted by molar-refractivity contribution is -0.0494. The first-order valence-electron chi connectivity index (χ1n) is 6.59. The predicted octanol–water partition coefficient (Wildman–Crippen LogP) is 3.30. The third-order valence-corrected chi connectivity index (χ3v) is 3.12. The van der Waals surface area contributed by atoms with Crippen molar-refractivity contribution >= 4 is 35.0 Å². The fourth-order valence-electron chi connectivity index (χ4n) is 1.79. The van der Waals surface area contributed by atoms with Crippen LogP contribution in [0.2, 0.25) is 5.02 Å². The molecule has 0 saturated heterocycles. The Bertz CT molecular complexity index is 746. The van der Waals surface area contributed by atoms with Gasteiger partial charge in [0, 0.05) is 7.05 Å². The van der Waals surface area contributed by atoms with Gasteiger partial charge in [0.25, 0.3) is 0 Å². The minimum atomic E-state index is -3.07. The summed E-state index contributed by atoms with van der Waals surface area (Å²) in [4.78, 5) is 19.5. The number of nitrogens with one attached hydrogen (secondary N) is 2. The van der Waals surface area contributed by atoms with Gasteiger partial charge in [0.1, 0.15) is 16.6 Å². The molecule has 0 saturated carbocycles. The molecule has 1 aromatic carbocycles. The van der Waals surface area contributed by atoms with Crippen LogP contribution in [0.1, 0.15) is 10.4 Å². The van der Waals surface area contributed by atoms with Crippen LogP contribution in [-0.4, -0.2) is 36.7 Å². The number of benzene rings is 1. The standard InChI is InChI=1S/C14H13ClF2N4O3/c1-18-11-8(15)6-19-14(21-11)20-9-4-3-7(12(22)23-2)5-10(9)24-13(16)17/h3-6,13H,1-2H3,(H2,18,19,20,21). The fourth-order valence-corrected chi connectivity index (χ4v) is 1.97. The summed E-state index contributed by atoms with van der Waals surface area (Å²) < 4.78 is 34.2. The highest BCUT2D eigenvalue weighted by Crippen LogP contribution is 2.30. The van der Waals surface area contributed by atoms with E-state index in [2.05, 4.69) is 30.1 Å². The molecule has 0 atom stereocenters. The number of aromatic nitrogens is 2. The summed E-state index contributed by atoms with van der Waals surface area (Å²) >= 11 is 5.88. The van der Waals surface area contributed by atoms with E-state index < -0.39 is 12.6 Å². The monoisotopic (exact) mass is 358 g/mol. The maximum absolute atomic E-state index is 12.6. The number of anilines is 3. The maximum atomic E-state index is 12.6. The van der Waals surface area contributed by atoms with Gasteiger partial charge in [0.15, 0.2) is 0 Å². The summed E-state index contributed by atoms with van der Waals surface area (Å²) in [6.07, 6.45) is 1.35. The highest BCUT2D eigenvalue weighted by Gasteiger charge is 2.15. The molecule has 0 spiro atoms. The highest BCUT2D eigenvalue weighted by molar-refractivity contribution is 6.32. The molecule has 2 aromatic rings. The third kappa shape index (κ3) is 4.19. The molecule has 0 unspecified atom stereocenters. The van der Waals surface area contributed by atoms with Crippen molar-refractivity contribution in [3.63, 3.8) is 0 Å². The van der Waals surface area contributed by atoms with Crippen LogP contribution in [0, 0.1) is 0 Å². The quantitative estimate of drug-likeness (QED) is 0.766. The second kappa shape index (κ2) is 7.73. The van der Waals surface area contributed by atoms with Gasteiger partial charge in [-0.2, -0.15) is 13.8 Å². The Hall–Kier alpha value is -2.68. The second-order valence-corrected chi connectivity index (χ2v) is 4.75. The third-order valence-electron chi connectivity index (χ3n) is 2.85. The Morgan fingerprint density at radius 1 is 1.38 bits per heavy atom. The Kier molecular flexibility index (Phi) is 5.69. The smallest absolute Gasteiger partial charge is 0.387 e. The molecule has 0 radical (unpaired) electrons. The summed E-state index contributed by atoms with van der Waals surface area (Å²) in [5.41, 5.74) is 0.207. The van der Waals surface area contributed by atoms with Crippen LogP contribution in [0.5, 0.6) is 5.75 Å². The molecule has 1 aromatic heterocycles. The first kappa shape index (κ1) is 17.7. The van der Waals surface area contributed by atoms with Gasteiger partial charge in [-0.25, -0.2) is 9.78 Å². The van der Waals surface area contributed by atoms with Gasteiger partial charge >= 0.3 is 12.6 Å². The largest absolute Gasteiger partial charge is 0.465 e. The van der Waals surface area contributed by atoms with Crippen molar-refractivity contribution in [2.75, 3.05) is 24.8 Å². The number of carbonyl (C=O) groups excluding carboxylic acids is 1. The molecule has 0 fully saturated rings. The number of hydrogen-bond donors (Lipinski definition) is 2. The van der Waals surface area contributed by atoms with Crippen molar-refractivity contribution in [2.24, 2.45) is 0 Å². The number of methoxy groups -OCH3 is 1. The zero-order valence-electron chi connectivity index (χ0n) is 12.6. The molecule has 7 nitrogen and oxygen atoms in total. The van der Waals surface area contributed by atoms with E-state index in [0.717, 1.165) is 6.07 Å². The molecular formula is C14H13ClF2N4O3. The topological polar surface area (TPSA) is 85.4 Å². The molecule has 128 valence electrons. The number of esters is 1. The normalized spacial score (nSPS) is 10.4. The van der Waals surface area contributed by atoms with E-state index in [1.54, 1.807) is 7.05 Å². The summed E-state index contributed by atoms with van der Waals surface area (Å²) in [5.74, 6) is -0.469. The van der Waals surface area contributed by atoms with Crippen LogP contribution in [0.15, 0.2) is 24.4 Å². The van der Waals surface area contributed by atoms with Crippen LogP contribution in [0.4, 0.5) is 26.2 Å². The van der Waals surface area contributed by atoms with Gasteiger partial charge in [0.05, 0.1) is 24.6 Å². The van der Waals surface area contributed by atoms with E-state index >= 15 is 0 Å². The zero-order valence-corrected chi connectivity index (χ0v) is 13.4. The molecule has 0 bridgehead atoms. The molecule has 2 rings (SSSR count). The van der Waals surface area contributed by atoms with Gasteiger partial charge in [-0.1, -0.05) is 11.6 Å². The number of hydrogen-bond acceptors (Lipinski definition) is 7. The maximum Gasteiger partial charge on any atom is 0.387 e. The van der Waals surface area contributed by atoms with E-state index in [1.807, 2.05) is 0 Å². The van der Waals surface area contributed by atoms with Crippen molar-refractivity contribution in [3.05, 3.63) is 35.0 Å². The van der Waals surface area contributed by atoms with Gasteiger partial charge in [0.2, 0.25) is 5.95 Å². The second-order valence-electron chi connectivity index (χ2n) is 4.35. The number of halogens is 3. The molecule has 10 heteroatoms. The Morgan fingerprint density at radius 3 is 2.75 bits per heavy atom. The van der Waals surface area contributed by atoms with Gasteiger partial charge in [-0.3, -0.25) is 0 Å². The summed E-state index contributed by atoms with van der Waals surface area (Å²) in [7, 11) is 2.80.